The van der Waals surface area contributed by atoms with E-state index in [2.05, 4.69) is 10.5 Å². The zero-order chi connectivity index (χ0) is 10.8. The lowest BCUT2D eigenvalue weighted by atomic mass is 10.1. The van der Waals surface area contributed by atoms with E-state index in [1.54, 1.807) is 12.1 Å². The first kappa shape index (κ1) is 9.51. The van der Waals surface area contributed by atoms with E-state index < -0.39 is 5.97 Å². The highest BCUT2D eigenvalue weighted by Gasteiger charge is 2.16. The monoisotopic (exact) mass is 206 g/mol. The van der Waals surface area contributed by atoms with Crippen molar-refractivity contribution in [1.82, 2.24) is 5.43 Å². The van der Waals surface area contributed by atoms with Crippen LogP contribution in [0, 0.1) is 0 Å². The maximum absolute atomic E-state index is 10.6. The van der Waals surface area contributed by atoms with Crippen LogP contribution in [0.5, 0.6) is 0 Å². The third kappa shape index (κ3) is 1.90. The first-order valence-electron chi connectivity index (χ1n) is 4.50. The molecule has 0 fully saturated rings. The fourth-order valence-corrected chi connectivity index (χ4v) is 1.26. The minimum Gasteiger partial charge on any atom is -0.478 e. The smallest absolute Gasteiger partial charge is 0.335 e. The predicted molar refractivity (Wildman–Crippen MR) is 53.6 cm³/mol. The minimum atomic E-state index is -0.942. The Bertz CT molecular complexity index is 411. The number of aromatic carboxylic acids is 1. The molecule has 0 aliphatic carbocycles. The maximum atomic E-state index is 10.6. The molecule has 2 rings (SSSR count). The van der Waals surface area contributed by atoms with E-state index in [1.165, 1.54) is 12.1 Å². The predicted octanol–water partition coefficient (Wildman–Crippen LogP) is 1.01. The van der Waals surface area contributed by atoms with Crippen LogP contribution in [0.3, 0.4) is 0 Å². The van der Waals surface area contributed by atoms with Crippen LogP contribution >= 0.6 is 0 Å². The van der Waals surface area contributed by atoms with Crippen LogP contribution in [0.2, 0.25) is 0 Å². The van der Waals surface area contributed by atoms with E-state index in [9.17, 15) is 4.79 Å². The topological polar surface area (TPSA) is 70.9 Å². The van der Waals surface area contributed by atoms with Crippen LogP contribution in [-0.2, 0) is 4.74 Å². The standard InChI is InChI=1S/C10H10N2O3/c1-6-11-12-9(15-6)7-2-4-8(5-3-7)10(13)14/h2-6,11H,1H3,(H,13,14). The summed E-state index contributed by atoms with van der Waals surface area (Å²) in [7, 11) is 0. The normalized spacial score (nSPS) is 19.0. The van der Waals surface area contributed by atoms with Gasteiger partial charge in [-0.05, 0) is 31.2 Å². The second kappa shape index (κ2) is 3.61. The Morgan fingerprint density at radius 2 is 2.13 bits per heavy atom. The third-order valence-electron chi connectivity index (χ3n) is 2.02. The molecule has 1 aromatic rings. The molecule has 5 heteroatoms. The average Bonchev–Trinajstić information content (AvgIpc) is 2.65. The fourth-order valence-electron chi connectivity index (χ4n) is 1.26. The highest BCUT2D eigenvalue weighted by atomic mass is 16.5. The molecule has 5 nitrogen and oxygen atoms in total. The summed E-state index contributed by atoms with van der Waals surface area (Å²) < 4.78 is 5.34. The van der Waals surface area contributed by atoms with Gasteiger partial charge in [-0.3, -0.25) is 5.43 Å². The average molecular weight is 206 g/mol. The molecule has 1 aromatic carbocycles. The van der Waals surface area contributed by atoms with Crippen molar-refractivity contribution < 1.29 is 14.6 Å². The number of hydrogen-bond acceptors (Lipinski definition) is 4. The highest BCUT2D eigenvalue weighted by Crippen LogP contribution is 2.10. The molecule has 1 heterocycles. The molecule has 2 N–H and O–H groups in total. The van der Waals surface area contributed by atoms with Crippen molar-refractivity contribution in [3.8, 4) is 0 Å². The van der Waals surface area contributed by atoms with Crippen molar-refractivity contribution in [1.29, 1.82) is 0 Å². The van der Waals surface area contributed by atoms with E-state index in [0.29, 0.717) is 5.90 Å². The zero-order valence-electron chi connectivity index (χ0n) is 8.10. The molecule has 0 spiro atoms. The lowest BCUT2D eigenvalue weighted by Crippen LogP contribution is -2.16. The highest BCUT2D eigenvalue weighted by molar-refractivity contribution is 5.96. The molecule has 0 aromatic heterocycles. The van der Waals surface area contributed by atoms with Gasteiger partial charge in [-0.2, -0.15) is 0 Å². The van der Waals surface area contributed by atoms with Gasteiger partial charge >= 0.3 is 5.97 Å². The summed E-state index contributed by atoms with van der Waals surface area (Å²) in [6, 6.07) is 6.38. The largest absolute Gasteiger partial charge is 0.478 e. The number of carbonyl (C=O) groups is 1. The van der Waals surface area contributed by atoms with Gasteiger partial charge in [0.1, 0.15) is 0 Å². The van der Waals surface area contributed by atoms with Crippen LogP contribution in [0.1, 0.15) is 22.8 Å². The van der Waals surface area contributed by atoms with Gasteiger partial charge in [0.15, 0.2) is 6.23 Å². The lowest BCUT2D eigenvalue weighted by molar-refractivity contribution is 0.0697. The van der Waals surface area contributed by atoms with Gasteiger partial charge in [-0.15, -0.1) is 5.10 Å². The Kier molecular flexibility index (Phi) is 2.29. The van der Waals surface area contributed by atoms with E-state index >= 15 is 0 Å². The van der Waals surface area contributed by atoms with Crippen molar-refractivity contribution in [2.75, 3.05) is 0 Å². The number of rotatable bonds is 2. The van der Waals surface area contributed by atoms with Crippen LogP contribution in [0.4, 0.5) is 0 Å². The molecule has 1 aliphatic rings. The number of hydrogen-bond donors (Lipinski definition) is 2. The van der Waals surface area contributed by atoms with Crippen LogP contribution < -0.4 is 5.43 Å². The van der Waals surface area contributed by atoms with Gasteiger partial charge in [-0.25, -0.2) is 4.79 Å². The van der Waals surface area contributed by atoms with Crippen molar-refractivity contribution >= 4 is 11.9 Å². The van der Waals surface area contributed by atoms with E-state index in [0.717, 1.165) is 5.56 Å². The first-order valence-corrected chi connectivity index (χ1v) is 4.50. The van der Waals surface area contributed by atoms with E-state index in [-0.39, 0.29) is 11.8 Å². The van der Waals surface area contributed by atoms with Crippen molar-refractivity contribution in [3.63, 3.8) is 0 Å². The Hall–Kier alpha value is -2.04. The first-order chi connectivity index (χ1) is 7.16. The van der Waals surface area contributed by atoms with Gasteiger partial charge in [0, 0.05) is 5.56 Å². The van der Waals surface area contributed by atoms with Crippen molar-refractivity contribution in [2.24, 2.45) is 5.10 Å². The molecular weight excluding hydrogens is 196 g/mol. The quantitative estimate of drug-likeness (QED) is 0.757. The number of benzene rings is 1. The number of nitrogens with zero attached hydrogens (tertiary/aromatic N) is 1. The summed E-state index contributed by atoms with van der Waals surface area (Å²) in [6.07, 6.45) is -0.140. The number of nitrogens with one attached hydrogen (secondary N) is 1. The molecule has 0 radical (unpaired) electrons. The van der Waals surface area contributed by atoms with Gasteiger partial charge < -0.3 is 9.84 Å². The SMILES string of the molecule is CC1NN=C(c2ccc(C(=O)O)cc2)O1. The number of carboxylic acids is 1. The summed E-state index contributed by atoms with van der Waals surface area (Å²) in [5.41, 5.74) is 3.76. The Labute approximate surface area is 86.4 Å². The molecule has 15 heavy (non-hydrogen) atoms. The molecule has 0 saturated heterocycles. The molecule has 0 amide bonds. The zero-order valence-corrected chi connectivity index (χ0v) is 8.10. The summed E-state index contributed by atoms with van der Waals surface area (Å²) in [5, 5.41) is 12.7. The second-order valence-electron chi connectivity index (χ2n) is 3.19. The molecule has 1 aliphatic heterocycles. The second-order valence-corrected chi connectivity index (χ2v) is 3.19. The van der Waals surface area contributed by atoms with Gasteiger partial charge in [0.05, 0.1) is 5.56 Å². The van der Waals surface area contributed by atoms with E-state index in [4.69, 9.17) is 9.84 Å². The van der Waals surface area contributed by atoms with Crippen molar-refractivity contribution in [2.45, 2.75) is 13.2 Å². The van der Waals surface area contributed by atoms with Gasteiger partial charge in [0.2, 0.25) is 5.90 Å². The van der Waals surface area contributed by atoms with Gasteiger partial charge in [0.25, 0.3) is 0 Å². The Morgan fingerprint density at radius 1 is 1.47 bits per heavy atom. The molecule has 1 unspecified atom stereocenters. The van der Waals surface area contributed by atoms with Crippen LogP contribution in [0.25, 0.3) is 0 Å². The summed E-state index contributed by atoms with van der Waals surface area (Å²) in [6.45, 7) is 1.84. The number of ether oxygens (including phenoxy) is 1. The Morgan fingerprint density at radius 3 is 2.60 bits per heavy atom. The van der Waals surface area contributed by atoms with E-state index in [1.807, 2.05) is 6.92 Å². The van der Waals surface area contributed by atoms with Gasteiger partial charge in [-0.1, -0.05) is 0 Å². The molecule has 78 valence electrons. The molecule has 0 bridgehead atoms. The van der Waals surface area contributed by atoms with Crippen molar-refractivity contribution in [3.05, 3.63) is 35.4 Å². The minimum absolute atomic E-state index is 0.140. The molecule has 1 atom stereocenters. The summed E-state index contributed by atoms with van der Waals surface area (Å²) in [4.78, 5) is 10.6. The Balaban J connectivity index is 2.21. The number of carboxylic acid groups (broad SMARTS) is 1. The lowest BCUT2D eigenvalue weighted by Gasteiger charge is -2.04. The molecular formula is C10H10N2O3. The summed E-state index contributed by atoms with van der Waals surface area (Å²) in [5.74, 6) is -0.457. The van der Waals surface area contributed by atoms with Crippen LogP contribution in [-0.4, -0.2) is 23.2 Å². The van der Waals surface area contributed by atoms with Crippen LogP contribution in [0.15, 0.2) is 29.4 Å². The maximum Gasteiger partial charge on any atom is 0.335 e. The molecule has 0 saturated carbocycles. The fraction of sp³-hybridized carbons (Fsp3) is 0.200. The third-order valence-corrected chi connectivity index (χ3v) is 2.02. The number of hydrazone groups is 1. The summed E-state index contributed by atoms with van der Waals surface area (Å²) >= 11 is 0.